The fourth-order valence-corrected chi connectivity index (χ4v) is 3.68. The highest BCUT2D eigenvalue weighted by atomic mass is 79.9. The van der Waals surface area contributed by atoms with Crippen LogP contribution in [0.15, 0.2) is 15.9 Å². The molecule has 0 amide bonds. The maximum atomic E-state index is 9.46. The molecule has 2 nitrogen and oxygen atoms in total. The van der Waals surface area contributed by atoms with Gasteiger partial charge in [-0.3, -0.25) is 0 Å². The number of hydrogen-bond acceptors (Lipinski definition) is 3. The van der Waals surface area contributed by atoms with Gasteiger partial charge in [0.15, 0.2) is 0 Å². The number of aliphatic hydroxyl groups excluding tert-OH is 1. The van der Waals surface area contributed by atoms with E-state index in [1.807, 2.05) is 0 Å². The molecule has 0 aliphatic rings. The van der Waals surface area contributed by atoms with Crippen molar-refractivity contribution in [3.05, 3.63) is 20.8 Å². The summed E-state index contributed by atoms with van der Waals surface area (Å²) in [7, 11) is 0. The average Bonchev–Trinajstić information content (AvgIpc) is 2.65. The fraction of sp³-hybridized carbons (Fsp3) is 0.667. The molecule has 2 N–H and O–H groups in total. The highest BCUT2D eigenvalue weighted by Gasteiger charge is 2.25. The molecule has 0 bridgehead atoms. The molecule has 0 aliphatic heterocycles. The smallest absolute Gasteiger partial charge is 0.0610 e. The summed E-state index contributed by atoms with van der Waals surface area (Å²) in [5, 5.41) is 15.1. The number of nitrogens with one attached hydrogen (secondary N) is 1. The Morgan fingerprint density at radius 1 is 1.62 bits per heavy atom. The van der Waals surface area contributed by atoms with Gasteiger partial charge < -0.3 is 10.4 Å². The van der Waals surface area contributed by atoms with Gasteiger partial charge in [-0.1, -0.05) is 13.3 Å². The van der Waals surface area contributed by atoms with Crippen LogP contribution in [-0.4, -0.2) is 17.3 Å². The summed E-state index contributed by atoms with van der Waals surface area (Å²) < 4.78 is 1.15. The van der Waals surface area contributed by atoms with Crippen molar-refractivity contribution in [2.75, 3.05) is 6.61 Å². The molecular formula is C12H20BrNOS. The molecule has 0 saturated carbocycles. The van der Waals surface area contributed by atoms with Crippen molar-refractivity contribution in [1.29, 1.82) is 0 Å². The summed E-state index contributed by atoms with van der Waals surface area (Å²) in [6.07, 6.45) is 2.05. The Morgan fingerprint density at radius 2 is 2.31 bits per heavy atom. The Labute approximate surface area is 110 Å². The molecule has 92 valence electrons. The van der Waals surface area contributed by atoms with Gasteiger partial charge in [-0.15, -0.1) is 11.3 Å². The lowest BCUT2D eigenvalue weighted by atomic mass is 9.96. The Bertz CT molecular complexity index is 329. The van der Waals surface area contributed by atoms with Crippen molar-refractivity contribution in [3.63, 3.8) is 0 Å². The third-order valence-corrected chi connectivity index (χ3v) is 4.81. The van der Waals surface area contributed by atoms with Crippen molar-refractivity contribution in [1.82, 2.24) is 5.32 Å². The van der Waals surface area contributed by atoms with Gasteiger partial charge in [0.25, 0.3) is 0 Å². The molecule has 1 rings (SSSR count). The first-order valence-corrected chi connectivity index (χ1v) is 7.31. The summed E-state index contributed by atoms with van der Waals surface area (Å²) in [5.74, 6) is 0. The Balaban J connectivity index is 2.69. The van der Waals surface area contributed by atoms with Gasteiger partial charge in [-0.2, -0.15) is 0 Å². The maximum absolute atomic E-state index is 9.46. The second-order valence-corrected chi connectivity index (χ2v) is 6.27. The van der Waals surface area contributed by atoms with Crippen molar-refractivity contribution < 1.29 is 5.11 Å². The van der Waals surface area contributed by atoms with Crippen molar-refractivity contribution >= 4 is 27.3 Å². The molecule has 0 saturated heterocycles. The van der Waals surface area contributed by atoms with Gasteiger partial charge in [-0.05, 0) is 47.6 Å². The molecule has 1 aromatic rings. The fourth-order valence-electron chi connectivity index (χ4n) is 1.95. The van der Waals surface area contributed by atoms with Gasteiger partial charge in [0.1, 0.15) is 0 Å². The van der Waals surface area contributed by atoms with Crippen LogP contribution < -0.4 is 5.32 Å². The molecule has 0 spiro atoms. The van der Waals surface area contributed by atoms with Crippen LogP contribution in [0.3, 0.4) is 0 Å². The number of thiophene rings is 1. The topological polar surface area (TPSA) is 32.3 Å². The van der Waals surface area contributed by atoms with Gasteiger partial charge in [-0.25, -0.2) is 0 Å². The van der Waals surface area contributed by atoms with Gasteiger partial charge in [0.05, 0.1) is 6.61 Å². The molecule has 1 aromatic heterocycles. The second-order valence-electron chi connectivity index (χ2n) is 4.47. The van der Waals surface area contributed by atoms with Crippen LogP contribution in [0.2, 0.25) is 0 Å². The van der Waals surface area contributed by atoms with Crippen LogP contribution in [0.25, 0.3) is 0 Å². The summed E-state index contributed by atoms with van der Waals surface area (Å²) in [6.45, 7) is 6.53. The van der Waals surface area contributed by atoms with Crippen LogP contribution in [0, 0.1) is 0 Å². The predicted molar refractivity (Wildman–Crippen MR) is 74.0 cm³/mol. The third kappa shape index (κ3) is 3.55. The third-order valence-electron chi connectivity index (χ3n) is 2.75. The summed E-state index contributed by atoms with van der Waals surface area (Å²) >= 11 is 5.28. The Kier molecular flexibility index (Phi) is 5.44. The van der Waals surface area contributed by atoms with E-state index in [4.69, 9.17) is 0 Å². The molecule has 2 atom stereocenters. The number of rotatable bonds is 6. The maximum Gasteiger partial charge on any atom is 0.0610 e. The van der Waals surface area contributed by atoms with E-state index in [2.05, 4.69) is 53.5 Å². The second kappa shape index (κ2) is 6.15. The summed E-state index contributed by atoms with van der Waals surface area (Å²) in [4.78, 5) is 1.29. The lowest BCUT2D eigenvalue weighted by molar-refractivity contribution is 0.154. The largest absolute Gasteiger partial charge is 0.394 e. The predicted octanol–water partition coefficient (Wildman–Crippen LogP) is 3.71. The Hall–Kier alpha value is 0.100. The zero-order valence-electron chi connectivity index (χ0n) is 10.1. The first-order chi connectivity index (χ1) is 7.52. The first kappa shape index (κ1) is 14.2. The molecular weight excluding hydrogens is 286 g/mol. The lowest BCUT2D eigenvalue weighted by Crippen LogP contribution is -2.46. The molecule has 2 unspecified atom stereocenters. The highest BCUT2D eigenvalue weighted by molar-refractivity contribution is 9.10. The van der Waals surface area contributed by atoms with E-state index in [-0.39, 0.29) is 18.2 Å². The summed E-state index contributed by atoms with van der Waals surface area (Å²) in [5.41, 5.74) is -0.183. The number of hydrogen-bond donors (Lipinski definition) is 2. The molecule has 0 aromatic carbocycles. The van der Waals surface area contributed by atoms with Crippen molar-refractivity contribution in [2.24, 2.45) is 0 Å². The van der Waals surface area contributed by atoms with Gasteiger partial charge >= 0.3 is 0 Å². The van der Waals surface area contributed by atoms with Crippen molar-refractivity contribution in [2.45, 2.75) is 45.2 Å². The van der Waals surface area contributed by atoms with Gasteiger partial charge in [0, 0.05) is 20.9 Å². The zero-order valence-corrected chi connectivity index (χ0v) is 12.5. The molecule has 0 fully saturated rings. The van der Waals surface area contributed by atoms with E-state index in [9.17, 15) is 5.11 Å². The van der Waals surface area contributed by atoms with E-state index >= 15 is 0 Å². The van der Waals surface area contributed by atoms with E-state index in [1.165, 1.54) is 4.88 Å². The first-order valence-electron chi connectivity index (χ1n) is 5.64. The Morgan fingerprint density at radius 3 is 2.75 bits per heavy atom. The molecule has 0 aliphatic carbocycles. The van der Waals surface area contributed by atoms with E-state index in [0.29, 0.717) is 0 Å². The lowest BCUT2D eigenvalue weighted by Gasteiger charge is -2.32. The standard InChI is InChI=1S/C12H20BrNOS/c1-4-6-12(3,8-15)14-9(2)11-10(13)5-7-16-11/h5,7,9,14-15H,4,6,8H2,1-3H3. The monoisotopic (exact) mass is 305 g/mol. The van der Waals surface area contributed by atoms with E-state index < -0.39 is 0 Å². The van der Waals surface area contributed by atoms with Crippen LogP contribution in [-0.2, 0) is 0 Å². The SMILES string of the molecule is CCCC(C)(CO)NC(C)c1sccc1Br. The summed E-state index contributed by atoms with van der Waals surface area (Å²) in [6, 6.07) is 2.33. The van der Waals surface area contributed by atoms with Crippen LogP contribution >= 0.6 is 27.3 Å². The minimum absolute atomic E-state index is 0.175. The zero-order chi connectivity index (χ0) is 12.2. The van der Waals surface area contributed by atoms with E-state index in [1.54, 1.807) is 11.3 Å². The van der Waals surface area contributed by atoms with E-state index in [0.717, 1.165) is 17.3 Å². The number of aliphatic hydroxyl groups is 1. The van der Waals surface area contributed by atoms with Gasteiger partial charge in [0.2, 0.25) is 0 Å². The highest BCUT2D eigenvalue weighted by Crippen LogP contribution is 2.30. The molecule has 0 radical (unpaired) electrons. The molecule has 16 heavy (non-hydrogen) atoms. The molecule has 4 heteroatoms. The van der Waals surface area contributed by atoms with Crippen LogP contribution in [0.1, 0.15) is 44.5 Å². The number of halogens is 1. The minimum Gasteiger partial charge on any atom is -0.394 e. The normalized spacial score (nSPS) is 17.1. The van der Waals surface area contributed by atoms with Crippen LogP contribution in [0.4, 0.5) is 0 Å². The average molecular weight is 306 g/mol. The van der Waals surface area contributed by atoms with Crippen molar-refractivity contribution in [3.8, 4) is 0 Å². The molecule has 1 heterocycles. The quantitative estimate of drug-likeness (QED) is 0.839. The minimum atomic E-state index is -0.183. The van der Waals surface area contributed by atoms with Crippen LogP contribution in [0.5, 0.6) is 0 Å².